The monoisotopic (exact) mass is 524 g/mol. The fraction of sp³-hybridized carbons (Fsp3) is 0.741. The minimum Gasteiger partial charge on any atom is -0.384 e. The van der Waals surface area contributed by atoms with Crippen LogP contribution in [0.2, 0.25) is 0 Å². The molecule has 0 spiro atoms. The maximum atomic E-state index is 11.7. The van der Waals surface area contributed by atoms with Crippen LogP contribution in [0.15, 0.2) is 9.21 Å². The molecule has 3 fully saturated rings. The molecule has 3 aromatic heterocycles. The van der Waals surface area contributed by atoms with E-state index < -0.39 is 5.76 Å². The van der Waals surface area contributed by atoms with Gasteiger partial charge in [-0.2, -0.15) is 4.98 Å². The molecular weight excluding hydrogens is 484 g/mol. The molecule has 2 unspecified atom stereocenters. The zero-order chi connectivity index (χ0) is 26.4. The van der Waals surface area contributed by atoms with Crippen LogP contribution in [0.25, 0.3) is 22.9 Å². The van der Waals surface area contributed by atoms with E-state index in [2.05, 4.69) is 52.7 Å². The Morgan fingerprint density at radius 2 is 1.87 bits per heavy atom. The third-order valence-electron chi connectivity index (χ3n) is 9.15. The van der Waals surface area contributed by atoms with E-state index in [1.165, 1.54) is 44.9 Å². The van der Waals surface area contributed by atoms with Gasteiger partial charge < -0.3 is 23.9 Å². The summed E-state index contributed by atoms with van der Waals surface area (Å²) in [5.41, 5.74) is 1.51. The molecule has 1 saturated heterocycles. The Labute approximate surface area is 222 Å². The molecule has 0 radical (unpaired) electrons. The van der Waals surface area contributed by atoms with E-state index in [1.54, 1.807) is 0 Å². The van der Waals surface area contributed by atoms with Gasteiger partial charge in [0.15, 0.2) is 11.5 Å². The van der Waals surface area contributed by atoms with Gasteiger partial charge >= 0.3 is 5.76 Å². The summed E-state index contributed by atoms with van der Waals surface area (Å²) in [6.07, 6.45) is 8.77. The second-order valence-electron chi connectivity index (χ2n) is 11.8. The summed E-state index contributed by atoms with van der Waals surface area (Å²) in [7, 11) is 0. The number of hydrogen-bond donors (Lipinski definition) is 2. The maximum Gasteiger partial charge on any atom is 0.434 e. The summed E-state index contributed by atoms with van der Waals surface area (Å²) in [4.78, 5) is 28.8. The summed E-state index contributed by atoms with van der Waals surface area (Å²) in [5.74, 6) is 3.32. The summed E-state index contributed by atoms with van der Waals surface area (Å²) in [6, 6.07) is 0.429. The lowest BCUT2D eigenvalue weighted by Gasteiger charge is -2.39. The summed E-state index contributed by atoms with van der Waals surface area (Å²) >= 11 is 0. The lowest BCUT2D eigenvalue weighted by Crippen LogP contribution is -2.49. The van der Waals surface area contributed by atoms with Crippen LogP contribution in [-0.4, -0.2) is 61.1 Å². The van der Waals surface area contributed by atoms with E-state index in [1.807, 2.05) is 0 Å². The number of ether oxygens (including phenoxy) is 1. The van der Waals surface area contributed by atoms with Crippen molar-refractivity contribution < 1.29 is 9.15 Å². The van der Waals surface area contributed by atoms with Crippen molar-refractivity contribution in [2.24, 2.45) is 17.8 Å². The molecule has 0 amide bonds. The molecule has 1 aliphatic heterocycles. The van der Waals surface area contributed by atoms with Crippen molar-refractivity contribution in [3.63, 3.8) is 0 Å². The third kappa shape index (κ3) is 4.81. The first-order valence-corrected chi connectivity index (χ1v) is 14.4. The van der Waals surface area contributed by atoms with Crippen molar-refractivity contribution in [1.82, 2.24) is 29.7 Å². The number of anilines is 2. The number of hydrogen-bond acceptors (Lipinski definition) is 9. The molecule has 2 N–H and O–H groups in total. The van der Waals surface area contributed by atoms with Gasteiger partial charge in [-0.1, -0.05) is 26.2 Å². The largest absolute Gasteiger partial charge is 0.434 e. The smallest absolute Gasteiger partial charge is 0.384 e. The molecule has 11 heteroatoms. The Hall–Kier alpha value is -2.95. The third-order valence-corrected chi connectivity index (χ3v) is 9.15. The molecule has 2 aliphatic carbocycles. The quantitative estimate of drug-likeness (QED) is 0.467. The number of H-pyrrole nitrogens is 1. The Kier molecular flexibility index (Phi) is 6.88. The average Bonchev–Trinajstić information content (AvgIpc) is 3.45. The number of rotatable bonds is 7. The molecule has 3 aromatic rings. The van der Waals surface area contributed by atoms with E-state index in [0.717, 1.165) is 36.3 Å². The molecule has 0 bridgehead atoms. The molecule has 3 aliphatic rings. The van der Waals surface area contributed by atoms with Gasteiger partial charge in [0.1, 0.15) is 5.52 Å². The molecule has 6 rings (SSSR count). The first-order valence-electron chi connectivity index (χ1n) is 14.4. The summed E-state index contributed by atoms with van der Waals surface area (Å²) < 4.78 is 13.5. The van der Waals surface area contributed by atoms with Gasteiger partial charge in [0.05, 0.1) is 18.8 Å². The van der Waals surface area contributed by atoms with Gasteiger partial charge in [0.25, 0.3) is 5.89 Å². The molecule has 2 saturated carbocycles. The Bertz CT molecular complexity index is 1320. The summed E-state index contributed by atoms with van der Waals surface area (Å²) in [6.45, 7) is 11.2. The van der Waals surface area contributed by atoms with Crippen molar-refractivity contribution in [2.75, 3.05) is 23.4 Å². The van der Waals surface area contributed by atoms with Gasteiger partial charge in [0.2, 0.25) is 11.8 Å². The topological polar surface area (TPSA) is 127 Å². The predicted molar refractivity (Wildman–Crippen MR) is 145 cm³/mol. The lowest BCUT2D eigenvalue weighted by molar-refractivity contribution is 0.0274. The number of nitrogens with zero attached hydrogens (tertiary/aromatic N) is 6. The normalized spacial score (nSPS) is 27.4. The van der Waals surface area contributed by atoms with Crippen LogP contribution in [0.5, 0.6) is 0 Å². The van der Waals surface area contributed by atoms with E-state index >= 15 is 0 Å². The molecular formula is C27H40N8O3. The molecule has 3 atom stereocenters. The lowest BCUT2D eigenvalue weighted by atomic mass is 9.80. The maximum absolute atomic E-state index is 11.7. The average molecular weight is 525 g/mol. The number of morpholine rings is 1. The fourth-order valence-electron chi connectivity index (χ4n) is 6.20. The molecule has 38 heavy (non-hydrogen) atoms. The van der Waals surface area contributed by atoms with Gasteiger partial charge in [-0.3, -0.25) is 0 Å². The summed E-state index contributed by atoms with van der Waals surface area (Å²) in [5, 5.41) is 10.0. The Morgan fingerprint density at radius 1 is 1.08 bits per heavy atom. The van der Waals surface area contributed by atoms with Crippen LogP contribution in [0.4, 0.5) is 11.8 Å². The van der Waals surface area contributed by atoms with Crippen molar-refractivity contribution >= 4 is 22.9 Å². The van der Waals surface area contributed by atoms with E-state index in [-0.39, 0.29) is 29.9 Å². The van der Waals surface area contributed by atoms with Gasteiger partial charge in [-0.15, -0.1) is 5.10 Å². The van der Waals surface area contributed by atoms with E-state index in [4.69, 9.17) is 24.1 Å². The van der Waals surface area contributed by atoms with Crippen LogP contribution in [0.3, 0.4) is 0 Å². The second-order valence-corrected chi connectivity index (χ2v) is 11.8. The zero-order valence-electron chi connectivity index (χ0n) is 22.9. The highest BCUT2D eigenvalue weighted by molar-refractivity contribution is 5.87. The zero-order valence-corrected chi connectivity index (χ0v) is 22.9. The molecule has 11 nitrogen and oxygen atoms in total. The predicted octanol–water partition coefficient (Wildman–Crippen LogP) is 4.21. The first-order chi connectivity index (χ1) is 18.4. The fourth-order valence-corrected chi connectivity index (χ4v) is 6.20. The van der Waals surface area contributed by atoms with Crippen LogP contribution in [0, 0.1) is 17.8 Å². The molecule has 206 valence electrons. The van der Waals surface area contributed by atoms with Gasteiger partial charge in [0, 0.05) is 19.1 Å². The second kappa shape index (κ2) is 10.3. The Balaban J connectivity index is 1.49. The van der Waals surface area contributed by atoms with Crippen molar-refractivity contribution in [3.8, 4) is 11.7 Å². The standard InChI is InChI=1S/C27H40N8O3/c1-15-8-10-19(11-9-15)14-35-21-22(28-16(2)20-6-5-7-20)29-24(25-32-33-27(36)38-25)30-23(21)31-26(35)34-12-13-37-18(4)17(34)3/h15-20H,5-14H2,1-4H3,(H,33,36)(H,28,29,30)/t15-,16-,17?,18?,19-/m1/s1. The highest BCUT2D eigenvalue weighted by Crippen LogP contribution is 2.37. The minimum atomic E-state index is -0.630. The molecule has 0 aromatic carbocycles. The van der Waals surface area contributed by atoms with Gasteiger partial charge in [-0.25, -0.2) is 19.9 Å². The van der Waals surface area contributed by atoms with Gasteiger partial charge in [-0.05, 0) is 64.2 Å². The van der Waals surface area contributed by atoms with Crippen LogP contribution >= 0.6 is 0 Å². The number of aromatic amines is 1. The molecule has 4 heterocycles. The van der Waals surface area contributed by atoms with Crippen molar-refractivity contribution in [1.29, 1.82) is 0 Å². The number of nitrogens with one attached hydrogen (secondary N) is 2. The minimum absolute atomic E-state index is 0.0713. The van der Waals surface area contributed by atoms with Crippen LogP contribution in [-0.2, 0) is 11.3 Å². The highest BCUT2D eigenvalue weighted by Gasteiger charge is 2.33. The van der Waals surface area contributed by atoms with Crippen molar-refractivity contribution in [2.45, 2.75) is 97.4 Å². The Morgan fingerprint density at radius 3 is 2.55 bits per heavy atom. The van der Waals surface area contributed by atoms with E-state index in [0.29, 0.717) is 24.1 Å². The van der Waals surface area contributed by atoms with E-state index in [9.17, 15) is 4.79 Å². The number of aromatic nitrogens is 6. The number of imidazole rings is 1. The van der Waals surface area contributed by atoms with Crippen molar-refractivity contribution in [3.05, 3.63) is 10.6 Å². The SMILES string of the molecule is CC1OCCN(c2nc3nc(-c4n[nH]c(=O)o4)nc(N[C@H](C)C4CCC4)c3n2C[C@H]2CC[C@H](C)CC2)C1C. The van der Waals surface area contributed by atoms with Crippen LogP contribution < -0.4 is 16.0 Å². The van der Waals surface area contributed by atoms with Crippen LogP contribution in [0.1, 0.15) is 72.6 Å². The highest BCUT2D eigenvalue weighted by atomic mass is 16.5. The number of fused-ring (bicyclic) bond motifs is 1. The first kappa shape index (κ1) is 25.3.